The molecular formula is C17H34O2Si. The predicted octanol–water partition coefficient (Wildman–Crippen LogP) is 5.27. The van der Waals surface area contributed by atoms with Crippen LogP contribution in [-0.2, 0) is 8.85 Å². The van der Waals surface area contributed by atoms with Gasteiger partial charge >= 0.3 is 8.56 Å². The summed E-state index contributed by atoms with van der Waals surface area (Å²) in [6.45, 7) is 7.23. The lowest BCUT2D eigenvalue weighted by Gasteiger charge is -2.47. The average molecular weight is 299 g/mol. The molecule has 0 heterocycles. The van der Waals surface area contributed by atoms with Gasteiger partial charge in [-0.3, -0.25) is 0 Å². The molecule has 0 aromatic rings. The summed E-state index contributed by atoms with van der Waals surface area (Å²) in [5.41, 5.74) is 1.95. The van der Waals surface area contributed by atoms with Crippen molar-refractivity contribution in [2.45, 2.75) is 83.2 Å². The normalized spacial score (nSPS) is 32.2. The van der Waals surface area contributed by atoms with E-state index in [1.54, 1.807) is 0 Å². The Bertz CT molecular complexity index is 302. The van der Waals surface area contributed by atoms with Gasteiger partial charge in [0.2, 0.25) is 0 Å². The molecule has 2 aliphatic carbocycles. The molecule has 0 saturated heterocycles. The first kappa shape index (κ1) is 16.5. The summed E-state index contributed by atoms with van der Waals surface area (Å²) in [6, 6.07) is 0. The molecule has 0 N–H and O–H groups in total. The molecule has 0 bridgehead atoms. The summed E-state index contributed by atoms with van der Waals surface area (Å²) in [5.74, 6) is 0.853. The third-order valence-electron chi connectivity index (χ3n) is 6.05. The third kappa shape index (κ3) is 3.31. The lowest BCUT2D eigenvalue weighted by atomic mass is 9.77. The Balaban J connectivity index is 2.12. The van der Waals surface area contributed by atoms with Crippen molar-refractivity contribution in [3.8, 4) is 0 Å². The highest BCUT2D eigenvalue weighted by Gasteiger charge is 2.53. The summed E-state index contributed by atoms with van der Waals surface area (Å²) in [5, 5.41) is 0. The molecule has 2 atom stereocenters. The van der Waals surface area contributed by atoms with Gasteiger partial charge in [0.05, 0.1) is 0 Å². The van der Waals surface area contributed by atoms with Crippen LogP contribution in [0.3, 0.4) is 0 Å². The fourth-order valence-electron chi connectivity index (χ4n) is 4.68. The Labute approximate surface area is 126 Å². The number of rotatable bonds is 4. The Hall–Kier alpha value is 0.137. The quantitative estimate of drug-likeness (QED) is 0.658. The second-order valence-electron chi connectivity index (χ2n) is 8.04. The van der Waals surface area contributed by atoms with E-state index in [-0.39, 0.29) is 0 Å². The van der Waals surface area contributed by atoms with Crippen LogP contribution in [0.1, 0.15) is 72.1 Å². The SMILES string of the molecule is CO[Si](OC)(C1CCC(C)(C)CC1)C1CCCC(C)C1. The second-order valence-corrected chi connectivity index (χ2v) is 11.9. The van der Waals surface area contributed by atoms with Crippen molar-refractivity contribution in [1.82, 2.24) is 0 Å². The van der Waals surface area contributed by atoms with E-state index >= 15 is 0 Å². The summed E-state index contributed by atoms with van der Waals surface area (Å²) < 4.78 is 12.4. The minimum atomic E-state index is -2.05. The van der Waals surface area contributed by atoms with Crippen molar-refractivity contribution in [2.24, 2.45) is 11.3 Å². The van der Waals surface area contributed by atoms with Crippen molar-refractivity contribution in [1.29, 1.82) is 0 Å². The van der Waals surface area contributed by atoms with Gasteiger partial charge in [0.25, 0.3) is 0 Å². The molecule has 20 heavy (non-hydrogen) atoms. The van der Waals surface area contributed by atoms with E-state index < -0.39 is 8.56 Å². The van der Waals surface area contributed by atoms with Gasteiger partial charge in [-0.15, -0.1) is 0 Å². The summed E-state index contributed by atoms with van der Waals surface area (Å²) in [7, 11) is 1.80. The zero-order valence-electron chi connectivity index (χ0n) is 14.2. The molecule has 0 amide bonds. The molecule has 2 aliphatic rings. The molecule has 2 rings (SSSR count). The zero-order valence-corrected chi connectivity index (χ0v) is 15.2. The minimum absolute atomic E-state index is 0.526. The molecule has 118 valence electrons. The maximum atomic E-state index is 6.20. The van der Waals surface area contributed by atoms with Crippen molar-refractivity contribution in [2.75, 3.05) is 14.2 Å². The first-order valence-corrected chi connectivity index (χ1v) is 10.5. The molecule has 2 fully saturated rings. The highest BCUT2D eigenvalue weighted by Crippen LogP contribution is 2.52. The molecule has 0 radical (unpaired) electrons. The largest absolute Gasteiger partial charge is 0.397 e. The van der Waals surface area contributed by atoms with Gasteiger partial charge < -0.3 is 8.85 Å². The molecule has 2 nitrogen and oxygen atoms in total. The third-order valence-corrected chi connectivity index (χ3v) is 10.7. The van der Waals surface area contributed by atoms with E-state index in [9.17, 15) is 0 Å². The summed E-state index contributed by atoms with van der Waals surface area (Å²) in [4.78, 5) is 0. The monoisotopic (exact) mass is 298 g/mol. The van der Waals surface area contributed by atoms with E-state index in [0.29, 0.717) is 16.5 Å². The van der Waals surface area contributed by atoms with Crippen molar-refractivity contribution < 1.29 is 8.85 Å². The number of hydrogen-bond acceptors (Lipinski definition) is 2. The van der Waals surface area contributed by atoms with E-state index in [0.717, 1.165) is 5.92 Å². The summed E-state index contributed by atoms with van der Waals surface area (Å²) in [6.07, 6.45) is 10.7. The van der Waals surface area contributed by atoms with Gasteiger partial charge in [0.15, 0.2) is 0 Å². The second kappa shape index (κ2) is 6.49. The fraction of sp³-hybridized carbons (Fsp3) is 1.00. The predicted molar refractivity (Wildman–Crippen MR) is 87.2 cm³/mol. The Morgan fingerprint density at radius 1 is 0.900 bits per heavy atom. The van der Waals surface area contributed by atoms with Crippen molar-refractivity contribution in [3.05, 3.63) is 0 Å². The highest BCUT2D eigenvalue weighted by atomic mass is 28.4. The first-order valence-electron chi connectivity index (χ1n) is 8.54. The van der Waals surface area contributed by atoms with Crippen LogP contribution in [0.5, 0.6) is 0 Å². The van der Waals surface area contributed by atoms with E-state index in [1.165, 1.54) is 51.4 Å². The van der Waals surface area contributed by atoms with Crippen LogP contribution in [0.4, 0.5) is 0 Å². The van der Waals surface area contributed by atoms with Crippen LogP contribution in [-0.4, -0.2) is 22.8 Å². The Kier molecular flexibility index (Phi) is 5.36. The summed E-state index contributed by atoms with van der Waals surface area (Å²) >= 11 is 0. The van der Waals surface area contributed by atoms with Gasteiger partial charge in [-0.2, -0.15) is 0 Å². The highest BCUT2D eigenvalue weighted by molar-refractivity contribution is 6.70. The van der Waals surface area contributed by atoms with Crippen LogP contribution in [0, 0.1) is 11.3 Å². The van der Waals surface area contributed by atoms with Crippen LogP contribution >= 0.6 is 0 Å². The number of hydrogen-bond donors (Lipinski definition) is 0. The maximum Gasteiger partial charge on any atom is 0.344 e. The topological polar surface area (TPSA) is 18.5 Å². The zero-order chi connectivity index (χ0) is 14.8. The molecule has 3 heteroatoms. The molecule has 0 aromatic carbocycles. The average Bonchev–Trinajstić information content (AvgIpc) is 2.42. The minimum Gasteiger partial charge on any atom is -0.397 e. The molecule has 2 unspecified atom stereocenters. The van der Waals surface area contributed by atoms with Crippen LogP contribution in [0.2, 0.25) is 11.1 Å². The van der Waals surface area contributed by atoms with Gasteiger partial charge in [-0.05, 0) is 49.9 Å². The Morgan fingerprint density at radius 3 is 2.00 bits per heavy atom. The van der Waals surface area contributed by atoms with E-state index in [1.807, 2.05) is 14.2 Å². The maximum absolute atomic E-state index is 6.20. The smallest absolute Gasteiger partial charge is 0.344 e. The first-order chi connectivity index (χ1) is 9.43. The van der Waals surface area contributed by atoms with E-state index in [4.69, 9.17) is 8.85 Å². The van der Waals surface area contributed by atoms with E-state index in [2.05, 4.69) is 20.8 Å². The molecular weight excluding hydrogens is 264 g/mol. The molecule has 2 saturated carbocycles. The van der Waals surface area contributed by atoms with Crippen LogP contribution in [0.25, 0.3) is 0 Å². The lowest BCUT2D eigenvalue weighted by molar-refractivity contribution is 0.162. The van der Waals surface area contributed by atoms with Crippen LogP contribution in [0.15, 0.2) is 0 Å². The van der Waals surface area contributed by atoms with Gasteiger partial charge in [0.1, 0.15) is 0 Å². The van der Waals surface area contributed by atoms with Crippen molar-refractivity contribution >= 4 is 8.56 Å². The standard InChI is InChI=1S/C17H34O2Si/c1-14-7-6-8-16(13-14)20(18-4,19-5)15-9-11-17(2,3)12-10-15/h14-16H,6-13H2,1-5H3. The molecule has 0 spiro atoms. The molecule has 0 aromatic heterocycles. The van der Waals surface area contributed by atoms with Gasteiger partial charge in [-0.25, -0.2) is 0 Å². The molecule has 0 aliphatic heterocycles. The van der Waals surface area contributed by atoms with Gasteiger partial charge in [-0.1, -0.05) is 33.6 Å². The lowest BCUT2D eigenvalue weighted by Crippen LogP contribution is -2.52. The van der Waals surface area contributed by atoms with Gasteiger partial charge in [0, 0.05) is 25.3 Å². The Morgan fingerprint density at radius 2 is 1.50 bits per heavy atom. The van der Waals surface area contributed by atoms with Crippen LogP contribution < -0.4 is 0 Å². The fourth-order valence-corrected chi connectivity index (χ4v) is 9.28. The van der Waals surface area contributed by atoms with Crippen molar-refractivity contribution in [3.63, 3.8) is 0 Å².